The van der Waals surface area contributed by atoms with E-state index in [9.17, 15) is 14.4 Å². The number of carbonyl (C=O) groups is 3. The maximum absolute atomic E-state index is 12.0. The molecule has 0 aromatic heterocycles. The first kappa shape index (κ1) is 12.1. The molecule has 1 heterocycles. The Bertz CT molecular complexity index is 350. The summed E-state index contributed by atoms with van der Waals surface area (Å²) >= 11 is 0. The summed E-state index contributed by atoms with van der Waals surface area (Å²) < 4.78 is 0. The topological polar surface area (TPSA) is 66.5 Å². The molecule has 0 aromatic carbocycles. The molecule has 1 N–H and O–H groups in total. The van der Waals surface area contributed by atoms with Crippen molar-refractivity contribution in [2.75, 3.05) is 6.54 Å². The molecule has 1 saturated heterocycles. The van der Waals surface area contributed by atoms with Gasteiger partial charge in [0.1, 0.15) is 5.92 Å². The van der Waals surface area contributed by atoms with Crippen molar-refractivity contribution in [2.24, 2.45) is 11.8 Å². The molecule has 4 amide bonds. The maximum Gasteiger partial charge on any atom is 0.330 e. The molecule has 1 unspecified atom stereocenters. The van der Waals surface area contributed by atoms with Crippen molar-refractivity contribution in [3.63, 3.8) is 0 Å². The van der Waals surface area contributed by atoms with E-state index < -0.39 is 17.9 Å². The molecule has 2 fully saturated rings. The highest BCUT2D eigenvalue weighted by atomic mass is 16.2. The summed E-state index contributed by atoms with van der Waals surface area (Å²) in [4.78, 5) is 36.3. The van der Waals surface area contributed by atoms with Crippen LogP contribution in [0.3, 0.4) is 0 Å². The number of nitrogens with one attached hydrogen (secondary N) is 1. The molecule has 1 saturated carbocycles. The largest absolute Gasteiger partial charge is 0.330 e. The van der Waals surface area contributed by atoms with Gasteiger partial charge in [-0.1, -0.05) is 26.2 Å². The molecule has 5 heteroatoms. The van der Waals surface area contributed by atoms with E-state index in [0.29, 0.717) is 18.9 Å². The molecule has 0 spiro atoms. The number of hydrogen-bond donors (Lipinski definition) is 1. The van der Waals surface area contributed by atoms with Gasteiger partial charge in [0.15, 0.2) is 0 Å². The molecule has 1 aliphatic carbocycles. The van der Waals surface area contributed by atoms with E-state index in [4.69, 9.17) is 0 Å². The fraction of sp³-hybridized carbons (Fsp3) is 0.750. The van der Waals surface area contributed by atoms with E-state index in [2.05, 4.69) is 5.32 Å². The Labute approximate surface area is 101 Å². The minimum absolute atomic E-state index is 0.318. The first-order chi connectivity index (χ1) is 8.13. The van der Waals surface area contributed by atoms with Crippen molar-refractivity contribution in [3.05, 3.63) is 0 Å². The van der Waals surface area contributed by atoms with Crippen LogP contribution in [-0.2, 0) is 9.59 Å². The van der Waals surface area contributed by atoms with Gasteiger partial charge in [-0.05, 0) is 18.8 Å². The van der Waals surface area contributed by atoms with E-state index in [1.807, 2.05) is 6.92 Å². The van der Waals surface area contributed by atoms with Crippen LogP contribution in [0.15, 0.2) is 0 Å². The Morgan fingerprint density at radius 2 is 1.94 bits per heavy atom. The van der Waals surface area contributed by atoms with Crippen LogP contribution in [0.5, 0.6) is 0 Å². The Morgan fingerprint density at radius 1 is 1.24 bits per heavy atom. The number of imide groups is 2. The highest BCUT2D eigenvalue weighted by molar-refractivity contribution is 6.16. The van der Waals surface area contributed by atoms with Crippen LogP contribution >= 0.6 is 0 Å². The Kier molecular flexibility index (Phi) is 3.45. The highest BCUT2D eigenvalue weighted by Crippen LogP contribution is 2.32. The van der Waals surface area contributed by atoms with Crippen molar-refractivity contribution in [2.45, 2.75) is 39.0 Å². The molecule has 1 atom stereocenters. The SMILES string of the molecule is CCCC1C(=O)NC(=O)N(CCC2CC2)C1=O. The van der Waals surface area contributed by atoms with Crippen molar-refractivity contribution in [3.8, 4) is 0 Å². The van der Waals surface area contributed by atoms with Crippen LogP contribution in [0.2, 0.25) is 0 Å². The summed E-state index contributed by atoms with van der Waals surface area (Å²) in [5.74, 6) is -0.763. The van der Waals surface area contributed by atoms with Gasteiger partial charge in [0.25, 0.3) is 0 Å². The van der Waals surface area contributed by atoms with Crippen LogP contribution in [0.1, 0.15) is 39.0 Å². The lowest BCUT2D eigenvalue weighted by Gasteiger charge is -2.30. The number of amides is 4. The van der Waals surface area contributed by atoms with E-state index >= 15 is 0 Å². The number of urea groups is 1. The highest BCUT2D eigenvalue weighted by Gasteiger charge is 2.39. The number of nitrogens with zero attached hydrogens (tertiary/aromatic N) is 1. The average Bonchev–Trinajstić information content (AvgIpc) is 3.07. The normalized spacial score (nSPS) is 25.1. The van der Waals surface area contributed by atoms with Crippen LogP contribution < -0.4 is 5.32 Å². The number of carbonyl (C=O) groups excluding carboxylic acids is 3. The number of barbiturate groups is 1. The van der Waals surface area contributed by atoms with Crippen LogP contribution in [0.4, 0.5) is 4.79 Å². The molecule has 2 rings (SSSR count). The lowest BCUT2D eigenvalue weighted by Crippen LogP contribution is -2.58. The minimum atomic E-state index is -0.670. The van der Waals surface area contributed by atoms with Gasteiger partial charge in [-0.3, -0.25) is 19.8 Å². The quantitative estimate of drug-likeness (QED) is 0.734. The van der Waals surface area contributed by atoms with Crippen molar-refractivity contribution in [1.29, 1.82) is 0 Å². The van der Waals surface area contributed by atoms with E-state index in [1.165, 1.54) is 17.7 Å². The van der Waals surface area contributed by atoms with Crippen molar-refractivity contribution >= 4 is 17.8 Å². The van der Waals surface area contributed by atoms with Gasteiger partial charge in [-0.2, -0.15) is 0 Å². The van der Waals surface area contributed by atoms with Gasteiger partial charge >= 0.3 is 6.03 Å². The summed E-state index contributed by atoms with van der Waals surface area (Å²) in [5, 5.41) is 2.27. The summed E-state index contributed by atoms with van der Waals surface area (Å²) in [5.41, 5.74) is 0. The van der Waals surface area contributed by atoms with E-state index in [-0.39, 0.29) is 5.91 Å². The molecule has 1 aliphatic heterocycles. The molecule has 2 aliphatic rings. The third-order valence-corrected chi connectivity index (χ3v) is 3.39. The monoisotopic (exact) mass is 238 g/mol. The zero-order valence-corrected chi connectivity index (χ0v) is 10.1. The van der Waals surface area contributed by atoms with Crippen molar-refractivity contribution in [1.82, 2.24) is 10.2 Å². The van der Waals surface area contributed by atoms with Crippen LogP contribution in [0, 0.1) is 11.8 Å². The second kappa shape index (κ2) is 4.85. The molecule has 94 valence electrons. The Hall–Kier alpha value is -1.39. The molecule has 17 heavy (non-hydrogen) atoms. The zero-order valence-electron chi connectivity index (χ0n) is 10.1. The molecular formula is C12H18N2O3. The van der Waals surface area contributed by atoms with Gasteiger partial charge in [-0.15, -0.1) is 0 Å². The maximum atomic E-state index is 12.0. The molecular weight excluding hydrogens is 220 g/mol. The van der Waals surface area contributed by atoms with Gasteiger partial charge in [0.05, 0.1) is 0 Å². The second-order valence-electron chi connectivity index (χ2n) is 4.86. The Balaban J connectivity index is 1.99. The van der Waals surface area contributed by atoms with Gasteiger partial charge in [-0.25, -0.2) is 4.79 Å². The summed E-state index contributed by atoms with van der Waals surface area (Å²) in [6.07, 6.45) is 4.53. The number of rotatable bonds is 5. The Morgan fingerprint density at radius 3 is 2.53 bits per heavy atom. The predicted molar refractivity (Wildman–Crippen MR) is 61.0 cm³/mol. The average molecular weight is 238 g/mol. The molecule has 5 nitrogen and oxygen atoms in total. The van der Waals surface area contributed by atoms with Gasteiger partial charge in [0.2, 0.25) is 11.8 Å². The van der Waals surface area contributed by atoms with E-state index in [1.54, 1.807) is 0 Å². The first-order valence-electron chi connectivity index (χ1n) is 6.29. The summed E-state index contributed by atoms with van der Waals surface area (Å²) in [7, 11) is 0. The van der Waals surface area contributed by atoms with E-state index in [0.717, 1.165) is 12.8 Å². The fourth-order valence-electron chi connectivity index (χ4n) is 2.13. The molecule has 0 aromatic rings. The number of hydrogen-bond acceptors (Lipinski definition) is 3. The summed E-state index contributed by atoms with van der Waals surface area (Å²) in [6, 6.07) is -0.548. The lowest BCUT2D eigenvalue weighted by atomic mass is 9.99. The third-order valence-electron chi connectivity index (χ3n) is 3.39. The van der Waals surface area contributed by atoms with Crippen LogP contribution in [-0.4, -0.2) is 29.3 Å². The molecule has 0 radical (unpaired) electrons. The van der Waals surface area contributed by atoms with Crippen molar-refractivity contribution < 1.29 is 14.4 Å². The fourth-order valence-corrected chi connectivity index (χ4v) is 2.13. The lowest BCUT2D eigenvalue weighted by molar-refractivity contribution is -0.142. The molecule has 0 bridgehead atoms. The van der Waals surface area contributed by atoms with Crippen LogP contribution in [0.25, 0.3) is 0 Å². The standard InChI is InChI=1S/C12H18N2O3/c1-2-3-9-10(15)13-12(17)14(11(9)16)7-6-8-4-5-8/h8-9H,2-7H2,1H3,(H,13,15,17). The smallest absolute Gasteiger partial charge is 0.277 e. The van der Waals surface area contributed by atoms with Gasteiger partial charge < -0.3 is 0 Å². The third kappa shape index (κ3) is 2.65. The zero-order chi connectivity index (χ0) is 12.4. The second-order valence-corrected chi connectivity index (χ2v) is 4.86. The minimum Gasteiger partial charge on any atom is -0.277 e. The van der Waals surface area contributed by atoms with Gasteiger partial charge in [0, 0.05) is 6.54 Å². The predicted octanol–water partition coefficient (Wildman–Crippen LogP) is 1.28. The summed E-state index contributed by atoms with van der Waals surface area (Å²) in [6.45, 7) is 2.37. The first-order valence-corrected chi connectivity index (χ1v) is 6.29.